The van der Waals surface area contributed by atoms with Gasteiger partial charge in [0, 0.05) is 29.7 Å². The molecule has 1 aromatic carbocycles. The molecule has 186 valence electrons. The van der Waals surface area contributed by atoms with Gasteiger partial charge in [-0.05, 0) is 25.0 Å². The van der Waals surface area contributed by atoms with Crippen molar-refractivity contribution in [1.29, 1.82) is 0 Å². The average molecular weight is 476 g/mol. The molecule has 0 bridgehead atoms. The highest BCUT2D eigenvalue weighted by Gasteiger charge is 2.30. The second-order valence-corrected chi connectivity index (χ2v) is 11.1. The number of hydrogen-bond acceptors (Lipinski definition) is 4. The number of pyridine rings is 1. The first-order valence-corrected chi connectivity index (χ1v) is 14.6. The maximum Gasteiger partial charge on any atom is 0.245 e. The Hall–Kier alpha value is -1.50. The smallest absolute Gasteiger partial charge is 0.245 e. The van der Waals surface area contributed by atoms with E-state index >= 15 is 0 Å². The molecule has 0 saturated carbocycles. The summed E-state index contributed by atoms with van der Waals surface area (Å²) in [7, 11) is -3.69. The van der Waals surface area contributed by atoms with Crippen LogP contribution in [-0.2, 0) is 10.0 Å². The van der Waals surface area contributed by atoms with Crippen LogP contribution in [-0.4, -0.2) is 30.4 Å². The minimum absolute atomic E-state index is 0.334. The van der Waals surface area contributed by atoms with E-state index in [9.17, 15) is 8.42 Å². The van der Waals surface area contributed by atoms with Crippen molar-refractivity contribution in [1.82, 2.24) is 9.29 Å². The lowest BCUT2D eigenvalue weighted by molar-refractivity contribution is 0.296. The average Bonchev–Trinajstić information content (AvgIpc) is 2.82. The Kier molecular flexibility index (Phi) is 13.0. The standard InChI is InChI=1S/C27H45N3O2S/c1-3-5-7-9-10-11-12-13-14-19-27(28)30(22-15-8-6-4-2)33(31,32)26-18-16-17-24-23-29-21-20-25(24)26/h16-18,20-21,23,27H,3-15,19,22,28H2,1-2H3. The lowest BCUT2D eigenvalue weighted by atomic mass is 10.1. The number of benzene rings is 1. The van der Waals surface area contributed by atoms with Crippen LogP contribution in [0.5, 0.6) is 0 Å². The Bertz CT molecular complexity index is 896. The monoisotopic (exact) mass is 475 g/mol. The number of aromatic nitrogens is 1. The molecule has 0 saturated heterocycles. The number of nitrogens with zero attached hydrogens (tertiary/aromatic N) is 2. The summed E-state index contributed by atoms with van der Waals surface area (Å²) in [5.41, 5.74) is 6.53. The summed E-state index contributed by atoms with van der Waals surface area (Å²) in [6, 6.07) is 7.17. The molecule has 2 aromatic rings. The first-order valence-electron chi connectivity index (χ1n) is 13.1. The topological polar surface area (TPSA) is 76.3 Å². The van der Waals surface area contributed by atoms with E-state index in [1.54, 1.807) is 34.9 Å². The predicted molar refractivity (Wildman–Crippen MR) is 140 cm³/mol. The highest BCUT2D eigenvalue weighted by Crippen LogP contribution is 2.27. The maximum atomic E-state index is 13.7. The molecule has 1 unspecified atom stereocenters. The van der Waals surface area contributed by atoms with Crippen LogP contribution in [0.1, 0.15) is 104 Å². The Morgan fingerprint density at radius 3 is 2.12 bits per heavy atom. The van der Waals surface area contributed by atoms with Crippen LogP contribution in [0.3, 0.4) is 0 Å². The Morgan fingerprint density at radius 1 is 0.848 bits per heavy atom. The molecule has 1 heterocycles. The Labute approximate surface area is 202 Å². The van der Waals surface area contributed by atoms with Gasteiger partial charge in [-0.2, -0.15) is 4.31 Å². The summed E-state index contributed by atoms with van der Waals surface area (Å²) in [4.78, 5) is 4.47. The molecular weight excluding hydrogens is 430 g/mol. The number of rotatable bonds is 18. The van der Waals surface area contributed by atoms with Crippen LogP contribution < -0.4 is 5.73 Å². The zero-order chi connectivity index (χ0) is 23.9. The summed E-state index contributed by atoms with van der Waals surface area (Å²) in [5, 5.41) is 1.54. The van der Waals surface area contributed by atoms with E-state index in [1.165, 1.54) is 44.9 Å². The van der Waals surface area contributed by atoms with E-state index in [1.807, 2.05) is 6.07 Å². The molecule has 5 nitrogen and oxygen atoms in total. The van der Waals surface area contributed by atoms with Crippen molar-refractivity contribution in [2.24, 2.45) is 5.73 Å². The van der Waals surface area contributed by atoms with E-state index in [2.05, 4.69) is 18.8 Å². The van der Waals surface area contributed by atoms with Crippen molar-refractivity contribution in [3.63, 3.8) is 0 Å². The maximum absolute atomic E-state index is 13.7. The van der Waals surface area contributed by atoms with Crippen LogP contribution in [0.25, 0.3) is 10.8 Å². The summed E-state index contributed by atoms with van der Waals surface area (Å²) in [6.45, 7) is 4.88. The third kappa shape index (κ3) is 8.99. The van der Waals surface area contributed by atoms with E-state index in [0.717, 1.165) is 43.9 Å². The van der Waals surface area contributed by atoms with E-state index < -0.39 is 16.2 Å². The molecule has 0 aliphatic rings. The molecule has 1 atom stereocenters. The number of sulfonamides is 1. The van der Waals surface area contributed by atoms with Gasteiger partial charge in [0.1, 0.15) is 0 Å². The lowest BCUT2D eigenvalue weighted by Crippen LogP contribution is -2.46. The van der Waals surface area contributed by atoms with Crippen LogP contribution >= 0.6 is 0 Å². The van der Waals surface area contributed by atoms with Gasteiger partial charge in [-0.25, -0.2) is 8.42 Å². The first-order chi connectivity index (χ1) is 16.0. The number of nitrogens with two attached hydrogens (primary N) is 1. The van der Waals surface area contributed by atoms with Crippen LogP contribution in [0.4, 0.5) is 0 Å². The minimum Gasteiger partial charge on any atom is -0.315 e. The molecule has 0 amide bonds. The number of fused-ring (bicyclic) bond motifs is 1. The van der Waals surface area contributed by atoms with Gasteiger partial charge in [0.15, 0.2) is 0 Å². The van der Waals surface area contributed by atoms with Crippen LogP contribution in [0.15, 0.2) is 41.6 Å². The molecule has 6 heteroatoms. The Balaban J connectivity index is 2.01. The quantitative estimate of drug-likeness (QED) is 0.186. The molecule has 0 fully saturated rings. The zero-order valence-electron chi connectivity index (χ0n) is 20.8. The van der Waals surface area contributed by atoms with Crippen molar-refractivity contribution in [3.05, 3.63) is 36.7 Å². The van der Waals surface area contributed by atoms with Gasteiger partial charge in [0.25, 0.3) is 0 Å². The molecule has 0 aliphatic carbocycles. The van der Waals surface area contributed by atoms with Gasteiger partial charge >= 0.3 is 0 Å². The second-order valence-electron chi connectivity index (χ2n) is 9.21. The third-order valence-corrected chi connectivity index (χ3v) is 8.42. The molecule has 2 N–H and O–H groups in total. The zero-order valence-corrected chi connectivity index (χ0v) is 21.7. The van der Waals surface area contributed by atoms with Gasteiger partial charge in [0.2, 0.25) is 10.0 Å². The highest BCUT2D eigenvalue weighted by atomic mass is 32.2. The summed E-state index contributed by atoms with van der Waals surface area (Å²) >= 11 is 0. The van der Waals surface area contributed by atoms with Crippen LogP contribution in [0.2, 0.25) is 0 Å². The summed E-state index contributed by atoms with van der Waals surface area (Å²) in [5.74, 6) is 0. The summed E-state index contributed by atoms with van der Waals surface area (Å²) < 4.78 is 29.0. The third-order valence-electron chi connectivity index (χ3n) is 6.43. The van der Waals surface area contributed by atoms with Crippen molar-refractivity contribution < 1.29 is 8.42 Å². The van der Waals surface area contributed by atoms with E-state index in [-0.39, 0.29) is 0 Å². The fourth-order valence-electron chi connectivity index (χ4n) is 4.41. The van der Waals surface area contributed by atoms with Crippen molar-refractivity contribution >= 4 is 20.8 Å². The van der Waals surface area contributed by atoms with Crippen molar-refractivity contribution in [2.45, 2.75) is 115 Å². The normalized spacial score (nSPS) is 13.1. The number of hydrogen-bond donors (Lipinski definition) is 1. The summed E-state index contributed by atoms with van der Waals surface area (Å²) in [6.07, 6.45) is 18.8. The Morgan fingerprint density at radius 2 is 1.45 bits per heavy atom. The molecule has 33 heavy (non-hydrogen) atoms. The molecule has 0 radical (unpaired) electrons. The van der Waals surface area contributed by atoms with E-state index in [4.69, 9.17) is 5.73 Å². The van der Waals surface area contributed by atoms with Crippen molar-refractivity contribution in [2.75, 3.05) is 6.54 Å². The lowest BCUT2D eigenvalue weighted by Gasteiger charge is -2.29. The largest absolute Gasteiger partial charge is 0.315 e. The van der Waals surface area contributed by atoms with Gasteiger partial charge in [-0.3, -0.25) is 4.98 Å². The van der Waals surface area contributed by atoms with E-state index in [0.29, 0.717) is 23.2 Å². The first kappa shape index (κ1) is 27.7. The SMILES string of the molecule is CCCCCCCCCCCC(N)N(CCCCCC)S(=O)(=O)c1cccc2cnccc12. The molecule has 0 aliphatic heterocycles. The molecule has 1 aromatic heterocycles. The fraction of sp³-hybridized carbons (Fsp3) is 0.667. The highest BCUT2D eigenvalue weighted by molar-refractivity contribution is 7.89. The fourth-order valence-corrected chi connectivity index (χ4v) is 6.21. The second kappa shape index (κ2) is 15.4. The van der Waals surface area contributed by atoms with Gasteiger partial charge in [-0.15, -0.1) is 0 Å². The molecule has 2 rings (SSSR count). The predicted octanol–water partition coefficient (Wildman–Crippen LogP) is 7.01. The van der Waals surface area contributed by atoms with Gasteiger partial charge in [0.05, 0.1) is 11.1 Å². The van der Waals surface area contributed by atoms with Crippen molar-refractivity contribution in [3.8, 4) is 0 Å². The van der Waals surface area contributed by atoms with Crippen LogP contribution in [0, 0.1) is 0 Å². The van der Waals surface area contributed by atoms with Gasteiger partial charge < -0.3 is 5.73 Å². The minimum atomic E-state index is -3.69. The number of unbranched alkanes of at least 4 members (excludes halogenated alkanes) is 11. The molecule has 0 spiro atoms. The van der Waals surface area contributed by atoms with Gasteiger partial charge in [-0.1, -0.05) is 103 Å². The molecular formula is C27H45N3O2S.